The first kappa shape index (κ1) is 16.7. The number of aliphatic hydroxyl groups is 1. The predicted molar refractivity (Wildman–Crippen MR) is 102 cm³/mol. The van der Waals surface area contributed by atoms with Crippen LogP contribution in [0.4, 0.5) is 5.82 Å². The zero-order valence-electron chi connectivity index (χ0n) is 14.6. The van der Waals surface area contributed by atoms with Gasteiger partial charge >= 0.3 is 0 Å². The summed E-state index contributed by atoms with van der Waals surface area (Å²) in [6.45, 7) is 1.57. The third-order valence-electron chi connectivity index (χ3n) is 4.97. The third kappa shape index (κ3) is 3.73. The molecular formula is C21H22N4O. The second-order valence-corrected chi connectivity index (χ2v) is 6.85. The smallest absolute Gasteiger partial charge is 0.161 e. The molecule has 0 aliphatic carbocycles. The minimum Gasteiger partial charge on any atom is -0.389 e. The number of aromatic nitrogens is 3. The van der Waals surface area contributed by atoms with Crippen molar-refractivity contribution < 1.29 is 5.11 Å². The summed E-state index contributed by atoms with van der Waals surface area (Å²) in [4.78, 5) is 15.4. The quantitative estimate of drug-likeness (QED) is 0.786. The van der Waals surface area contributed by atoms with Crippen molar-refractivity contribution in [1.29, 1.82) is 0 Å². The van der Waals surface area contributed by atoms with Crippen LogP contribution < -0.4 is 4.90 Å². The standard InChI is InChI=1S/C21H22N4O/c26-21(16-17-6-11-22-12-7-17)9-14-25(15-10-21)19-8-13-23-20(24-19)18-4-2-1-3-5-18/h1-8,11-13,26H,9-10,14-16H2. The monoisotopic (exact) mass is 346 g/mol. The molecule has 0 spiro atoms. The molecule has 0 bridgehead atoms. The summed E-state index contributed by atoms with van der Waals surface area (Å²) in [6, 6.07) is 15.9. The van der Waals surface area contributed by atoms with Crippen LogP contribution in [0.2, 0.25) is 0 Å². The lowest BCUT2D eigenvalue weighted by molar-refractivity contribution is 0.0164. The zero-order valence-corrected chi connectivity index (χ0v) is 14.6. The van der Waals surface area contributed by atoms with Crippen molar-refractivity contribution in [1.82, 2.24) is 15.0 Å². The minimum atomic E-state index is -0.660. The van der Waals surface area contributed by atoms with E-state index >= 15 is 0 Å². The van der Waals surface area contributed by atoms with E-state index in [-0.39, 0.29) is 0 Å². The normalized spacial score (nSPS) is 16.4. The van der Waals surface area contributed by atoms with Gasteiger partial charge in [-0.15, -0.1) is 0 Å². The Morgan fingerprint density at radius 3 is 2.38 bits per heavy atom. The summed E-state index contributed by atoms with van der Waals surface area (Å²) in [7, 11) is 0. The second kappa shape index (κ2) is 7.22. The Balaban J connectivity index is 1.45. The van der Waals surface area contributed by atoms with Crippen LogP contribution >= 0.6 is 0 Å². The van der Waals surface area contributed by atoms with Gasteiger partial charge in [0.05, 0.1) is 5.60 Å². The fraction of sp³-hybridized carbons (Fsp3) is 0.286. The van der Waals surface area contributed by atoms with Crippen LogP contribution in [0.3, 0.4) is 0 Å². The molecular weight excluding hydrogens is 324 g/mol. The van der Waals surface area contributed by atoms with Crippen LogP contribution in [0.1, 0.15) is 18.4 Å². The van der Waals surface area contributed by atoms with Gasteiger partial charge in [-0.3, -0.25) is 4.98 Å². The SMILES string of the molecule is OC1(Cc2ccncc2)CCN(c2ccnc(-c3ccccc3)n2)CC1. The highest BCUT2D eigenvalue weighted by molar-refractivity contribution is 5.57. The molecule has 5 nitrogen and oxygen atoms in total. The number of hydrogen-bond acceptors (Lipinski definition) is 5. The lowest BCUT2D eigenvalue weighted by atomic mass is 9.85. The molecule has 4 rings (SSSR count). The first-order chi connectivity index (χ1) is 12.7. The first-order valence-corrected chi connectivity index (χ1v) is 8.97. The van der Waals surface area contributed by atoms with Crippen molar-refractivity contribution in [2.24, 2.45) is 0 Å². The van der Waals surface area contributed by atoms with E-state index in [0.29, 0.717) is 6.42 Å². The summed E-state index contributed by atoms with van der Waals surface area (Å²) in [5.74, 6) is 1.66. The molecule has 1 aliphatic heterocycles. The van der Waals surface area contributed by atoms with E-state index in [1.54, 1.807) is 12.4 Å². The van der Waals surface area contributed by atoms with Crippen molar-refractivity contribution in [2.45, 2.75) is 24.9 Å². The average Bonchev–Trinajstić information content (AvgIpc) is 2.70. The largest absolute Gasteiger partial charge is 0.389 e. The molecule has 2 aromatic heterocycles. The number of pyridine rings is 1. The molecule has 1 saturated heterocycles. The number of rotatable bonds is 4. The van der Waals surface area contributed by atoms with Crippen molar-refractivity contribution in [3.8, 4) is 11.4 Å². The summed E-state index contributed by atoms with van der Waals surface area (Å²) in [5, 5.41) is 10.9. The molecule has 0 unspecified atom stereocenters. The van der Waals surface area contributed by atoms with Gasteiger partial charge in [0.1, 0.15) is 5.82 Å². The predicted octanol–water partition coefficient (Wildman–Crippen LogP) is 3.11. The van der Waals surface area contributed by atoms with Gasteiger partial charge in [-0.05, 0) is 36.6 Å². The van der Waals surface area contributed by atoms with Gasteiger partial charge in [0.25, 0.3) is 0 Å². The molecule has 132 valence electrons. The van der Waals surface area contributed by atoms with E-state index in [1.807, 2.05) is 54.7 Å². The molecule has 1 aliphatic rings. The van der Waals surface area contributed by atoms with Gasteiger partial charge in [0.2, 0.25) is 0 Å². The number of benzene rings is 1. The topological polar surface area (TPSA) is 62.1 Å². The van der Waals surface area contributed by atoms with E-state index in [9.17, 15) is 5.11 Å². The average molecular weight is 346 g/mol. The maximum Gasteiger partial charge on any atom is 0.161 e. The van der Waals surface area contributed by atoms with Crippen LogP contribution in [0.5, 0.6) is 0 Å². The van der Waals surface area contributed by atoms with Gasteiger partial charge in [0.15, 0.2) is 5.82 Å². The fourth-order valence-electron chi connectivity index (χ4n) is 3.46. The van der Waals surface area contributed by atoms with Gasteiger partial charge < -0.3 is 10.0 Å². The highest BCUT2D eigenvalue weighted by Gasteiger charge is 2.32. The number of hydrogen-bond donors (Lipinski definition) is 1. The molecule has 26 heavy (non-hydrogen) atoms. The highest BCUT2D eigenvalue weighted by Crippen LogP contribution is 2.29. The van der Waals surface area contributed by atoms with Crippen LogP contribution in [-0.4, -0.2) is 38.7 Å². The second-order valence-electron chi connectivity index (χ2n) is 6.85. The maximum atomic E-state index is 10.9. The summed E-state index contributed by atoms with van der Waals surface area (Å²) in [5.41, 5.74) is 1.48. The summed E-state index contributed by atoms with van der Waals surface area (Å²) < 4.78 is 0. The molecule has 0 atom stereocenters. The lowest BCUT2D eigenvalue weighted by Crippen LogP contribution is -2.46. The summed E-state index contributed by atoms with van der Waals surface area (Å²) >= 11 is 0. The summed E-state index contributed by atoms with van der Waals surface area (Å²) in [6.07, 6.45) is 7.48. The first-order valence-electron chi connectivity index (χ1n) is 8.97. The van der Waals surface area contributed by atoms with E-state index in [1.165, 1.54) is 0 Å². The Hall–Kier alpha value is -2.79. The van der Waals surface area contributed by atoms with Crippen LogP contribution in [0, 0.1) is 0 Å². The van der Waals surface area contributed by atoms with E-state index in [2.05, 4.69) is 14.9 Å². The molecule has 1 aromatic carbocycles. The van der Waals surface area contributed by atoms with E-state index in [0.717, 1.165) is 48.7 Å². The van der Waals surface area contributed by atoms with Crippen LogP contribution in [-0.2, 0) is 6.42 Å². The van der Waals surface area contributed by atoms with Crippen molar-refractivity contribution >= 4 is 5.82 Å². The Morgan fingerprint density at radius 2 is 1.65 bits per heavy atom. The Bertz CT molecular complexity index is 846. The van der Waals surface area contributed by atoms with Crippen LogP contribution in [0.25, 0.3) is 11.4 Å². The minimum absolute atomic E-state index is 0.660. The van der Waals surface area contributed by atoms with Gasteiger partial charge in [-0.25, -0.2) is 9.97 Å². The highest BCUT2D eigenvalue weighted by atomic mass is 16.3. The third-order valence-corrected chi connectivity index (χ3v) is 4.97. The van der Waals surface area contributed by atoms with E-state index in [4.69, 9.17) is 4.98 Å². The molecule has 1 fully saturated rings. The molecule has 3 heterocycles. The van der Waals surface area contributed by atoms with Crippen molar-refractivity contribution in [3.05, 3.63) is 72.7 Å². The Morgan fingerprint density at radius 1 is 0.923 bits per heavy atom. The van der Waals surface area contributed by atoms with Gasteiger partial charge in [0, 0.05) is 43.7 Å². The Kier molecular flexibility index (Phi) is 4.63. The van der Waals surface area contributed by atoms with Gasteiger partial charge in [-0.1, -0.05) is 30.3 Å². The number of nitrogens with zero attached hydrogens (tertiary/aromatic N) is 4. The molecule has 1 N–H and O–H groups in total. The van der Waals surface area contributed by atoms with Crippen LogP contribution in [0.15, 0.2) is 67.1 Å². The number of anilines is 1. The molecule has 5 heteroatoms. The molecule has 0 amide bonds. The maximum absolute atomic E-state index is 10.9. The Labute approximate surface area is 153 Å². The molecule has 0 saturated carbocycles. The van der Waals surface area contributed by atoms with Gasteiger partial charge in [-0.2, -0.15) is 0 Å². The molecule has 0 radical (unpaired) electrons. The lowest BCUT2D eigenvalue weighted by Gasteiger charge is -2.39. The van der Waals surface area contributed by atoms with E-state index < -0.39 is 5.60 Å². The van der Waals surface area contributed by atoms with Crippen molar-refractivity contribution in [2.75, 3.05) is 18.0 Å². The van der Waals surface area contributed by atoms with Crippen molar-refractivity contribution in [3.63, 3.8) is 0 Å². The zero-order chi connectivity index (χ0) is 17.8. The fourth-order valence-corrected chi connectivity index (χ4v) is 3.46. The molecule has 3 aromatic rings. The number of piperidine rings is 1.